The molecule has 3 aromatic rings. The topological polar surface area (TPSA) is 137 Å². The highest BCUT2D eigenvalue weighted by Crippen LogP contribution is 2.34. The predicted octanol–water partition coefficient (Wildman–Crippen LogP) is 4.49. The summed E-state index contributed by atoms with van der Waals surface area (Å²) in [6, 6.07) is 23.9. The Morgan fingerprint density at radius 3 is 2.10 bits per heavy atom. The molecule has 204 valence electrons. The number of hydrazine groups is 1. The van der Waals surface area contributed by atoms with Crippen LogP contribution in [0.3, 0.4) is 0 Å². The van der Waals surface area contributed by atoms with Crippen molar-refractivity contribution in [1.82, 2.24) is 10.4 Å². The van der Waals surface area contributed by atoms with Crippen molar-refractivity contribution in [1.29, 1.82) is 0 Å². The number of methoxy groups -OCH3 is 1. The van der Waals surface area contributed by atoms with Gasteiger partial charge in [-0.25, -0.2) is 20.0 Å². The number of hydrogen-bond donors (Lipinski definition) is 1. The zero-order valence-corrected chi connectivity index (χ0v) is 21.5. The van der Waals surface area contributed by atoms with Crippen molar-refractivity contribution in [3.8, 4) is 5.75 Å². The zero-order chi connectivity index (χ0) is 28.3. The van der Waals surface area contributed by atoms with Gasteiger partial charge in [-0.1, -0.05) is 72.8 Å². The number of nitrogens with zero attached hydrogens (tertiary/aromatic N) is 2. The van der Waals surface area contributed by atoms with Crippen LogP contribution in [0.4, 0.5) is 9.59 Å². The summed E-state index contributed by atoms with van der Waals surface area (Å²) in [5, 5.41) is 12.3. The van der Waals surface area contributed by atoms with Gasteiger partial charge in [0.25, 0.3) is 0 Å². The molecule has 0 aliphatic heterocycles. The van der Waals surface area contributed by atoms with E-state index in [2.05, 4.69) is 5.43 Å². The Morgan fingerprint density at radius 1 is 0.974 bits per heavy atom. The molecule has 0 aromatic heterocycles. The van der Waals surface area contributed by atoms with Gasteiger partial charge >= 0.3 is 12.2 Å². The minimum absolute atomic E-state index is 0.119. The van der Waals surface area contributed by atoms with Crippen LogP contribution in [0.1, 0.15) is 29.5 Å². The summed E-state index contributed by atoms with van der Waals surface area (Å²) >= 11 is 0. The van der Waals surface area contributed by atoms with Crippen LogP contribution >= 0.6 is 0 Å². The maximum absolute atomic E-state index is 13.4. The van der Waals surface area contributed by atoms with E-state index in [4.69, 9.17) is 14.2 Å². The number of ether oxygens (including phenoxy) is 3. The number of amides is 2. The van der Waals surface area contributed by atoms with E-state index in [9.17, 15) is 24.5 Å². The molecular formula is C28H29N3O8. The number of benzene rings is 3. The lowest BCUT2D eigenvalue weighted by Crippen LogP contribution is -2.63. The second kappa shape index (κ2) is 13.6. The molecule has 0 spiro atoms. The number of nitrogens with one attached hydrogen (secondary N) is 1. The van der Waals surface area contributed by atoms with Crippen LogP contribution in [0.2, 0.25) is 0 Å². The Hall–Kier alpha value is -4.93. The van der Waals surface area contributed by atoms with Gasteiger partial charge in [0.15, 0.2) is 0 Å². The molecule has 2 atom stereocenters. The first-order valence-corrected chi connectivity index (χ1v) is 12.0. The maximum atomic E-state index is 13.4. The molecule has 2 amide bonds. The number of hydrogen-bond acceptors (Lipinski definition) is 8. The van der Waals surface area contributed by atoms with Crippen molar-refractivity contribution >= 4 is 18.5 Å². The van der Waals surface area contributed by atoms with E-state index < -0.39 is 35.1 Å². The molecule has 0 saturated carbocycles. The van der Waals surface area contributed by atoms with Gasteiger partial charge in [-0.05, 0) is 35.7 Å². The Bertz CT molecular complexity index is 1270. The van der Waals surface area contributed by atoms with Crippen LogP contribution in [0.15, 0.2) is 84.9 Å². The quantitative estimate of drug-likeness (QED) is 0.215. The van der Waals surface area contributed by atoms with Gasteiger partial charge in [0.2, 0.25) is 6.54 Å². The number of carbonyl (C=O) groups is 3. The smallest absolute Gasteiger partial charge is 0.430 e. The Labute approximate surface area is 225 Å². The van der Waals surface area contributed by atoms with E-state index in [0.29, 0.717) is 33.7 Å². The average molecular weight is 536 g/mol. The summed E-state index contributed by atoms with van der Waals surface area (Å²) in [5.41, 5.74) is 1.98. The highest BCUT2D eigenvalue weighted by atomic mass is 16.6. The van der Waals surface area contributed by atoms with Crippen LogP contribution in [0.25, 0.3) is 0 Å². The number of carbonyl (C=O) groups excluding carboxylic acids is 3. The van der Waals surface area contributed by atoms with Crippen molar-refractivity contribution in [2.24, 2.45) is 0 Å². The molecular weight excluding hydrogens is 506 g/mol. The summed E-state index contributed by atoms with van der Waals surface area (Å²) in [6.45, 7) is 0.261. The van der Waals surface area contributed by atoms with Gasteiger partial charge in [0.05, 0.1) is 13.0 Å². The Balaban J connectivity index is 1.95. The third-order valence-corrected chi connectivity index (χ3v) is 6.06. The fourth-order valence-electron chi connectivity index (χ4n) is 3.92. The summed E-state index contributed by atoms with van der Waals surface area (Å²) in [5.74, 6) is -0.818. The molecule has 0 fully saturated rings. The molecule has 11 heteroatoms. The maximum Gasteiger partial charge on any atom is 0.430 e. The highest BCUT2D eigenvalue weighted by Gasteiger charge is 2.48. The lowest BCUT2D eigenvalue weighted by molar-refractivity contribution is -0.485. The zero-order valence-electron chi connectivity index (χ0n) is 21.5. The molecule has 0 aliphatic carbocycles. The van der Waals surface area contributed by atoms with E-state index in [1.807, 2.05) is 0 Å². The van der Waals surface area contributed by atoms with Crippen LogP contribution in [-0.4, -0.2) is 47.6 Å². The normalized spacial score (nSPS) is 12.8. The third-order valence-electron chi connectivity index (χ3n) is 6.06. The lowest BCUT2D eigenvalue weighted by Gasteiger charge is -2.39. The van der Waals surface area contributed by atoms with Crippen LogP contribution < -0.4 is 10.2 Å². The summed E-state index contributed by atoms with van der Waals surface area (Å²) in [4.78, 5) is 49.9. The molecule has 0 bridgehead atoms. The van der Waals surface area contributed by atoms with Crippen molar-refractivity contribution < 1.29 is 33.5 Å². The first-order chi connectivity index (χ1) is 18.8. The van der Waals surface area contributed by atoms with Crippen molar-refractivity contribution in [3.05, 3.63) is 112 Å². The Kier molecular flexibility index (Phi) is 9.96. The minimum Gasteiger partial charge on any atom is -0.497 e. The summed E-state index contributed by atoms with van der Waals surface area (Å²) in [6.07, 6.45) is -1.81. The highest BCUT2D eigenvalue weighted by molar-refractivity contribution is 5.80. The monoisotopic (exact) mass is 535 g/mol. The van der Waals surface area contributed by atoms with Gasteiger partial charge < -0.3 is 19.0 Å². The second-order valence-corrected chi connectivity index (χ2v) is 8.74. The molecule has 1 N–H and O–H groups in total. The van der Waals surface area contributed by atoms with Crippen molar-refractivity contribution in [3.63, 3.8) is 0 Å². The minimum atomic E-state index is -1.97. The van der Waals surface area contributed by atoms with E-state index in [1.165, 1.54) is 20.1 Å². The van der Waals surface area contributed by atoms with Crippen molar-refractivity contribution in [2.45, 2.75) is 31.6 Å². The number of aldehydes is 1. The van der Waals surface area contributed by atoms with E-state index >= 15 is 0 Å². The number of rotatable bonds is 11. The predicted molar refractivity (Wildman–Crippen MR) is 140 cm³/mol. The fourth-order valence-corrected chi connectivity index (χ4v) is 3.92. The van der Waals surface area contributed by atoms with Crippen molar-refractivity contribution in [2.75, 3.05) is 13.7 Å². The molecule has 39 heavy (non-hydrogen) atoms. The molecule has 0 radical (unpaired) electrons. The summed E-state index contributed by atoms with van der Waals surface area (Å²) in [7, 11) is 1.43. The number of nitro groups is 1. The van der Waals surface area contributed by atoms with E-state index in [0.717, 1.165) is 0 Å². The molecule has 0 heterocycles. The fraction of sp³-hybridized carbons (Fsp3) is 0.250. The summed E-state index contributed by atoms with van der Waals surface area (Å²) < 4.78 is 15.9. The van der Waals surface area contributed by atoms with E-state index in [-0.39, 0.29) is 13.2 Å². The first kappa shape index (κ1) is 28.6. The van der Waals surface area contributed by atoms with Gasteiger partial charge in [-0.3, -0.25) is 10.1 Å². The van der Waals surface area contributed by atoms with Crippen LogP contribution in [-0.2, 0) is 27.5 Å². The molecule has 11 nitrogen and oxygen atoms in total. The SMILES string of the molecule is COc1cccc([C@@H](C[N+](=O)[O-])[C@@](C)(C=O)N(NC(=O)OCc2ccccc2)C(=O)OCc2ccccc2)c1. The van der Waals surface area contributed by atoms with Gasteiger partial charge in [0, 0.05) is 4.92 Å². The van der Waals surface area contributed by atoms with Crippen LogP contribution in [0, 0.1) is 10.1 Å². The molecule has 0 saturated heterocycles. The standard InChI is InChI=1S/C28H29N3O8/c1-28(20-32,25(17-30(35)36)23-14-9-15-24(16-23)37-2)31(27(34)39-19-22-12-7-4-8-13-22)29-26(33)38-18-21-10-5-3-6-11-21/h3-16,20,25H,17-19H2,1-2H3,(H,29,33)/t25-,28-/m1/s1. The van der Waals surface area contributed by atoms with Crippen LogP contribution in [0.5, 0.6) is 5.75 Å². The third kappa shape index (κ3) is 7.78. The molecule has 3 aromatic carbocycles. The Morgan fingerprint density at radius 2 is 1.56 bits per heavy atom. The second-order valence-electron chi connectivity index (χ2n) is 8.74. The largest absolute Gasteiger partial charge is 0.497 e. The van der Waals surface area contributed by atoms with Gasteiger partial charge in [0.1, 0.15) is 30.8 Å². The first-order valence-electron chi connectivity index (χ1n) is 12.0. The van der Waals surface area contributed by atoms with Gasteiger partial charge in [-0.2, -0.15) is 0 Å². The molecule has 0 aliphatic rings. The molecule has 3 rings (SSSR count). The molecule has 0 unspecified atom stereocenters. The van der Waals surface area contributed by atoms with E-state index in [1.54, 1.807) is 78.9 Å². The lowest BCUT2D eigenvalue weighted by atomic mass is 9.80. The average Bonchev–Trinajstić information content (AvgIpc) is 2.97. The van der Waals surface area contributed by atoms with Gasteiger partial charge in [-0.15, -0.1) is 0 Å².